The zero-order valence-corrected chi connectivity index (χ0v) is 17.8. The highest BCUT2D eigenvalue weighted by molar-refractivity contribution is 7.15. The number of carbonyl (C=O) groups is 1. The van der Waals surface area contributed by atoms with Gasteiger partial charge < -0.3 is 10.6 Å². The summed E-state index contributed by atoms with van der Waals surface area (Å²) in [6.07, 6.45) is 0. The Labute approximate surface area is 186 Å². The van der Waals surface area contributed by atoms with Gasteiger partial charge in [-0.25, -0.2) is 18.6 Å². The number of hydrogen-bond acceptors (Lipinski definition) is 3. The van der Waals surface area contributed by atoms with E-state index in [1.54, 1.807) is 23.5 Å². The Morgan fingerprint density at radius 3 is 2.29 bits per heavy atom. The SMILES string of the molecule is Cc1nc(-c2ccc(Cl)cc2)c(-c2ccc(NC(=O)Nc3ccc(F)cc3F)cc2)s1. The molecule has 0 fully saturated rings. The Hall–Kier alpha value is -3.29. The van der Waals surface area contributed by atoms with Crippen LogP contribution in [-0.2, 0) is 0 Å². The van der Waals surface area contributed by atoms with Gasteiger partial charge in [-0.15, -0.1) is 11.3 Å². The van der Waals surface area contributed by atoms with Gasteiger partial charge in [-0.1, -0.05) is 35.9 Å². The van der Waals surface area contributed by atoms with Crippen molar-refractivity contribution in [2.45, 2.75) is 6.92 Å². The summed E-state index contributed by atoms with van der Waals surface area (Å²) >= 11 is 7.57. The van der Waals surface area contributed by atoms with Crippen molar-refractivity contribution in [2.75, 3.05) is 10.6 Å². The van der Waals surface area contributed by atoms with Gasteiger partial charge in [-0.05, 0) is 48.9 Å². The fraction of sp³-hybridized carbons (Fsp3) is 0.0435. The van der Waals surface area contributed by atoms with Gasteiger partial charge in [-0.2, -0.15) is 0 Å². The van der Waals surface area contributed by atoms with E-state index in [1.807, 2.05) is 43.3 Å². The molecule has 4 nitrogen and oxygen atoms in total. The van der Waals surface area contributed by atoms with Crippen molar-refractivity contribution in [1.29, 1.82) is 0 Å². The van der Waals surface area contributed by atoms with Gasteiger partial charge in [0.15, 0.2) is 0 Å². The first-order chi connectivity index (χ1) is 14.9. The van der Waals surface area contributed by atoms with E-state index >= 15 is 0 Å². The molecule has 0 bridgehead atoms. The van der Waals surface area contributed by atoms with E-state index < -0.39 is 17.7 Å². The molecule has 4 rings (SSSR count). The normalized spacial score (nSPS) is 10.7. The lowest BCUT2D eigenvalue weighted by molar-refractivity contribution is 0.262. The minimum absolute atomic E-state index is 0.108. The average molecular weight is 456 g/mol. The number of urea groups is 1. The van der Waals surface area contributed by atoms with Crippen LogP contribution >= 0.6 is 22.9 Å². The van der Waals surface area contributed by atoms with Gasteiger partial charge in [0.1, 0.15) is 11.6 Å². The number of anilines is 2. The summed E-state index contributed by atoms with van der Waals surface area (Å²) in [5, 5.41) is 6.58. The molecule has 0 unspecified atom stereocenters. The number of benzene rings is 3. The Kier molecular flexibility index (Phi) is 5.97. The van der Waals surface area contributed by atoms with Crippen molar-refractivity contribution in [3.05, 3.63) is 88.4 Å². The van der Waals surface area contributed by atoms with Crippen molar-refractivity contribution in [3.63, 3.8) is 0 Å². The molecule has 31 heavy (non-hydrogen) atoms. The van der Waals surface area contributed by atoms with Crippen molar-refractivity contribution in [1.82, 2.24) is 4.98 Å². The van der Waals surface area contributed by atoms with Crippen LogP contribution in [0.1, 0.15) is 5.01 Å². The maximum absolute atomic E-state index is 13.7. The minimum Gasteiger partial charge on any atom is -0.308 e. The summed E-state index contributed by atoms with van der Waals surface area (Å²) in [7, 11) is 0. The lowest BCUT2D eigenvalue weighted by Crippen LogP contribution is -2.20. The molecular weight excluding hydrogens is 440 g/mol. The number of nitrogens with zero attached hydrogens (tertiary/aromatic N) is 1. The average Bonchev–Trinajstić information content (AvgIpc) is 3.13. The topological polar surface area (TPSA) is 54.0 Å². The van der Waals surface area contributed by atoms with Crippen LogP contribution in [0.4, 0.5) is 25.0 Å². The molecule has 8 heteroatoms. The summed E-state index contributed by atoms with van der Waals surface area (Å²) in [4.78, 5) is 17.8. The molecule has 1 heterocycles. The number of carbonyl (C=O) groups excluding carboxylic acids is 1. The quantitative estimate of drug-likeness (QED) is 0.337. The molecule has 2 amide bonds. The first-order valence-electron chi connectivity index (χ1n) is 9.26. The van der Waals surface area contributed by atoms with Crippen LogP contribution in [0.3, 0.4) is 0 Å². The third-order valence-corrected chi connectivity index (χ3v) is 5.71. The molecule has 4 aromatic rings. The molecule has 0 radical (unpaired) electrons. The Bertz CT molecular complexity index is 1240. The van der Waals surface area contributed by atoms with Crippen LogP contribution in [0.5, 0.6) is 0 Å². The summed E-state index contributed by atoms with van der Waals surface area (Å²) in [5.41, 5.74) is 3.20. The van der Waals surface area contributed by atoms with Gasteiger partial charge in [0, 0.05) is 22.3 Å². The number of hydrogen-bond donors (Lipinski definition) is 2. The van der Waals surface area contributed by atoms with Gasteiger partial charge in [0.05, 0.1) is 21.3 Å². The number of nitrogens with one attached hydrogen (secondary N) is 2. The second-order valence-electron chi connectivity index (χ2n) is 6.70. The third kappa shape index (κ3) is 4.90. The maximum Gasteiger partial charge on any atom is 0.323 e. The van der Waals surface area contributed by atoms with Crippen LogP contribution in [0.15, 0.2) is 66.7 Å². The molecule has 0 aliphatic carbocycles. The summed E-state index contributed by atoms with van der Waals surface area (Å²) in [5.74, 6) is -1.56. The van der Waals surface area contributed by atoms with Gasteiger partial charge in [0.2, 0.25) is 0 Å². The number of halogens is 3. The number of aromatic nitrogens is 1. The first kappa shape index (κ1) is 21.0. The second-order valence-corrected chi connectivity index (χ2v) is 8.34. The Balaban J connectivity index is 1.51. The predicted octanol–water partition coefficient (Wildman–Crippen LogP) is 7.36. The third-order valence-electron chi connectivity index (χ3n) is 4.44. The molecule has 0 aliphatic rings. The van der Waals surface area contributed by atoms with Crippen LogP contribution < -0.4 is 10.6 Å². The second kappa shape index (κ2) is 8.83. The first-order valence-corrected chi connectivity index (χ1v) is 10.5. The fourth-order valence-corrected chi connectivity index (χ4v) is 4.08. The summed E-state index contributed by atoms with van der Waals surface area (Å²) < 4.78 is 26.7. The molecule has 156 valence electrons. The number of amides is 2. The lowest BCUT2D eigenvalue weighted by Gasteiger charge is -2.09. The van der Waals surface area contributed by atoms with E-state index in [2.05, 4.69) is 15.6 Å². The van der Waals surface area contributed by atoms with E-state index in [1.165, 1.54) is 0 Å². The largest absolute Gasteiger partial charge is 0.323 e. The minimum atomic E-state index is -0.846. The maximum atomic E-state index is 13.7. The van der Waals surface area contributed by atoms with E-state index in [9.17, 15) is 13.6 Å². The summed E-state index contributed by atoms with van der Waals surface area (Å²) in [6, 6.07) is 17.1. The molecule has 1 aromatic heterocycles. The zero-order chi connectivity index (χ0) is 22.0. The molecule has 0 spiro atoms. The van der Waals surface area contributed by atoms with Crippen LogP contribution in [0.2, 0.25) is 5.02 Å². The molecule has 2 N–H and O–H groups in total. The molecule has 0 aliphatic heterocycles. The smallest absolute Gasteiger partial charge is 0.308 e. The lowest BCUT2D eigenvalue weighted by atomic mass is 10.1. The molecule has 0 saturated carbocycles. The van der Waals surface area contributed by atoms with E-state index in [4.69, 9.17) is 11.6 Å². The van der Waals surface area contributed by atoms with Crippen LogP contribution in [-0.4, -0.2) is 11.0 Å². The zero-order valence-electron chi connectivity index (χ0n) is 16.2. The highest BCUT2D eigenvalue weighted by Gasteiger charge is 2.14. The molecular formula is C23H16ClF2N3OS. The number of thiazole rings is 1. The van der Waals surface area contributed by atoms with Crippen molar-refractivity contribution in [3.8, 4) is 21.7 Å². The van der Waals surface area contributed by atoms with Gasteiger partial charge in [-0.3, -0.25) is 0 Å². The van der Waals surface area contributed by atoms with Gasteiger partial charge >= 0.3 is 6.03 Å². The van der Waals surface area contributed by atoms with Crippen molar-refractivity contribution < 1.29 is 13.6 Å². The Morgan fingerprint density at radius 1 is 0.935 bits per heavy atom. The van der Waals surface area contributed by atoms with E-state index in [0.717, 1.165) is 38.8 Å². The fourth-order valence-electron chi connectivity index (χ4n) is 3.01. The van der Waals surface area contributed by atoms with Crippen LogP contribution in [0, 0.1) is 18.6 Å². The molecule has 3 aromatic carbocycles. The van der Waals surface area contributed by atoms with Crippen LogP contribution in [0.25, 0.3) is 21.7 Å². The van der Waals surface area contributed by atoms with E-state index in [0.29, 0.717) is 16.8 Å². The monoisotopic (exact) mass is 455 g/mol. The highest BCUT2D eigenvalue weighted by Crippen LogP contribution is 2.37. The number of aryl methyl sites for hydroxylation is 1. The van der Waals surface area contributed by atoms with Crippen molar-refractivity contribution >= 4 is 40.3 Å². The van der Waals surface area contributed by atoms with Crippen molar-refractivity contribution in [2.24, 2.45) is 0 Å². The molecule has 0 atom stereocenters. The Morgan fingerprint density at radius 2 is 1.61 bits per heavy atom. The van der Waals surface area contributed by atoms with E-state index in [-0.39, 0.29) is 5.69 Å². The van der Waals surface area contributed by atoms with Gasteiger partial charge in [0.25, 0.3) is 0 Å². The standard InChI is InChI=1S/C23H16ClF2N3OS/c1-13-27-21(14-2-6-16(24)7-3-14)22(31-13)15-4-9-18(10-5-15)28-23(30)29-20-11-8-17(25)12-19(20)26/h2-12H,1H3,(H2,28,29,30). The molecule has 0 saturated heterocycles. The number of rotatable bonds is 4. The predicted molar refractivity (Wildman–Crippen MR) is 122 cm³/mol. The summed E-state index contributed by atoms with van der Waals surface area (Å²) in [6.45, 7) is 1.95. The highest BCUT2D eigenvalue weighted by atomic mass is 35.5.